The molecular formula is C5H10BrN3. The fourth-order valence-corrected chi connectivity index (χ4v) is 1.41. The standard InChI is InChI=1S/C5H10BrN3/c1-3-9-4-8(2)7-5(9)6/h3-4H2,1-2H3. The summed E-state index contributed by atoms with van der Waals surface area (Å²) in [7, 11) is 1.96. The molecule has 4 heteroatoms. The van der Waals surface area contributed by atoms with Crippen LogP contribution in [0.5, 0.6) is 0 Å². The highest BCUT2D eigenvalue weighted by atomic mass is 79.9. The van der Waals surface area contributed by atoms with Gasteiger partial charge in [-0.3, -0.25) is 5.01 Å². The lowest BCUT2D eigenvalue weighted by atomic mass is 10.6. The van der Waals surface area contributed by atoms with Gasteiger partial charge < -0.3 is 4.90 Å². The molecule has 0 aliphatic carbocycles. The van der Waals surface area contributed by atoms with Crippen LogP contribution in [0.1, 0.15) is 6.92 Å². The highest BCUT2D eigenvalue weighted by Crippen LogP contribution is 2.08. The van der Waals surface area contributed by atoms with Gasteiger partial charge in [0.1, 0.15) is 6.67 Å². The maximum Gasteiger partial charge on any atom is 0.193 e. The molecule has 0 fully saturated rings. The molecule has 0 saturated carbocycles. The highest BCUT2D eigenvalue weighted by Gasteiger charge is 2.14. The smallest absolute Gasteiger partial charge is 0.193 e. The quantitative estimate of drug-likeness (QED) is 0.574. The summed E-state index contributed by atoms with van der Waals surface area (Å²) >= 11 is 3.34. The molecule has 0 unspecified atom stereocenters. The van der Waals surface area contributed by atoms with E-state index in [1.54, 1.807) is 0 Å². The van der Waals surface area contributed by atoms with E-state index in [1.165, 1.54) is 0 Å². The van der Waals surface area contributed by atoms with Crippen LogP contribution < -0.4 is 0 Å². The van der Waals surface area contributed by atoms with Crippen LogP contribution in [0.15, 0.2) is 5.10 Å². The number of hydrazone groups is 1. The van der Waals surface area contributed by atoms with Crippen molar-refractivity contribution in [3.8, 4) is 0 Å². The second kappa shape index (κ2) is 2.56. The van der Waals surface area contributed by atoms with Gasteiger partial charge in [0.25, 0.3) is 0 Å². The van der Waals surface area contributed by atoms with Crippen LogP contribution >= 0.6 is 15.9 Å². The van der Waals surface area contributed by atoms with Gasteiger partial charge in [-0.2, -0.15) is 5.10 Å². The first kappa shape index (κ1) is 6.86. The molecule has 1 aliphatic heterocycles. The lowest BCUT2D eigenvalue weighted by molar-refractivity contribution is 0.284. The number of halogens is 1. The molecule has 3 nitrogen and oxygen atoms in total. The van der Waals surface area contributed by atoms with Gasteiger partial charge in [-0.25, -0.2) is 0 Å². The molecule has 1 heterocycles. The molecule has 0 aromatic heterocycles. The van der Waals surface area contributed by atoms with E-state index in [9.17, 15) is 0 Å². The molecule has 1 rings (SSSR count). The minimum Gasteiger partial charge on any atom is -0.331 e. The molecule has 0 aromatic carbocycles. The third kappa shape index (κ3) is 1.36. The van der Waals surface area contributed by atoms with Gasteiger partial charge in [0.05, 0.1) is 0 Å². The first-order chi connectivity index (χ1) is 4.24. The molecule has 0 aromatic rings. The molecule has 0 amide bonds. The molecule has 9 heavy (non-hydrogen) atoms. The molecule has 0 saturated heterocycles. The Morgan fingerprint density at radius 1 is 1.78 bits per heavy atom. The van der Waals surface area contributed by atoms with E-state index in [4.69, 9.17) is 0 Å². The summed E-state index contributed by atoms with van der Waals surface area (Å²) in [4.78, 5) is 2.14. The molecule has 52 valence electrons. The Morgan fingerprint density at radius 2 is 2.44 bits per heavy atom. The van der Waals surface area contributed by atoms with Gasteiger partial charge in [-0.15, -0.1) is 0 Å². The van der Waals surface area contributed by atoms with Crippen LogP contribution in [-0.4, -0.2) is 34.9 Å². The number of amidine groups is 1. The van der Waals surface area contributed by atoms with Crippen molar-refractivity contribution in [1.82, 2.24) is 9.91 Å². The summed E-state index contributed by atoms with van der Waals surface area (Å²) in [5.41, 5.74) is 0. The highest BCUT2D eigenvalue weighted by molar-refractivity contribution is 9.18. The van der Waals surface area contributed by atoms with Gasteiger partial charge in [-0.05, 0) is 22.9 Å². The SMILES string of the molecule is CCN1CN(C)N=C1Br. The maximum atomic E-state index is 4.13. The number of nitrogens with zero attached hydrogens (tertiary/aromatic N) is 3. The van der Waals surface area contributed by atoms with Crippen LogP contribution in [0.25, 0.3) is 0 Å². The summed E-state index contributed by atoms with van der Waals surface area (Å²) < 4.78 is 0.938. The Bertz CT molecular complexity index is 134. The van der Waals surface area contributed by atoms with Gasteiger partial charge in [-0.1, -0.05) is 0 Å². The Labute approximate surface area is 63.4 Å². The molecular weight excluding hydrogens is 182 g/mol. The first-order valence-corrected chi connectivity index (χ1v) is 3.73. The summed E-state index contributed by atoms with van der Waals surface area (Å²) in [6, 6.07) is 0. The number of rotatable bonds is 1. The van der Waals surface area contributed by atoms with Crippen molar-refractivity contribution in [2.75, 3.05) is 20.3 Å². The van der Waals surface area contributed by atoms with Gasteiger partial charge in [0, 0.05) is 13.6 Å². The minimum absolute atomic E-state index is 0.900. The minimum atomic E-state index is 0.900. The summed E-state index contributed by atoms with van der Waals surface area (Å²) in [5, 5.41) is 6.03. The van der Waals surface area contributed by atoms with E-state index >= 15 is 0 Å². The lowest BCUT2D eigenvalue weighted by Crippen LogP contribution is -2.26. The zero-order valence-corrected chi connectivity index (χ0v) is 7.22. The van der Waals surface area contributed by atoms with Crippen molar-refractivity contribution < 1.29 is 0 Å². The average Bonchev–Trinajstić information content (AvgIpc) is 2.10. The third-order valence-electron chi connectivity index (χ3n) is 1.27. The predicted octanol–water partition coefficient (Wildman–Crippen LogP) is 0.877. The Morgan fingerprint density at radius 3 is 2.67 bits per heavy atom. The number of hydrogen-bond donors (Lipinski definition) is 0. The second-order valence-electron chi connectivity index (χ2n) is 2.02. The van der Waals surface area contributed by atoms with Crippen molar-refractivity contribution >= 4 is 20.7 Å². The average molecular weight is 192 g/mol. The Balaban J connectivity index is 2.53. The van der Waals surface area contributed by atoms with Crippen molar-refractivity contribution in [3.05, 3.63) is 0 Å². The van der Waals surface area contributed by atoms with Gasteiger partial charge >= 0.3 is 0 Å². The third-order valence-corrected chi connectivity index (χ3v) is 1.93. The van der Waals surface area contributed by atoms with Crippen molar-refractivity contribution in [3.63, 3.8) is 0 Å². The fourth-order valence-electron chi connectivity index (χ4n) is 0.772. The molecule has 0 N–H and O–H groups in total. The molecule has 1 aliphatic rings. The number of hydrogen-bond acceptors (Lipinski definition) is 3. The molecule has 0 bridgehead atoms. The lowest BCUT2D eigenvalue weighted by Gasteiger charge is -2.13. The normalized spacial score (nSPS) is 18.8. The van der Waals surface area contributed by atoms with E-state index < -0.39 is 0 Å². The summed E-state index contributed by atoms with van der Waals surface area (Å²) in [6.07, 6.45) is 0. The Kier molecular flexibility index (Phi) is 1.95. The molecule has 0 radical (unpaired) electrons. The van der Waals surface area contributed by atoms with Crippen LogP contribution in [0.3, 0.4) is 0 Å². The largest absolute Gasteiger partial charge is 0.331 e. The summed E-state index contributed by atoms with van der Waals surface area (Å²) in [5.74, 6) is 0. The predicted molar refractivity (Wildman–Crippen MR) is 41.4 cm³/mol. The topological polar surface area (TPSA) is 18.8 Å². The second-order valence-corrected chi connectivity index (χ2v) is 2.73. The van der Waals surface area contributed by atoms with Crippen LogP contribution in [-0.2, 0) is 0 Å². The zero-order valence-electron chi connectivity index (χ0n) is 5.63. The van der Waals surface area contributed by atoms with Crippen molar-refractivity contribution in [2.45, 2.75) is 6.92 Å². The van der Waals surface area contributed by atoms with Crippen molar-refractivity contribution in [2.24, 2.45) is 5.10 Å². The van der Waals surface area contributed by atoms with Crippen LogP contribution in [0.2, 0.25) is 0 Å². The van der Waals surface area contributed by atoms with E-state index in [2.05, 4.69) is 32.9 Å². The molecule has 0 atom stereocenters. The first-order valence-electron chi connectivity index (χ1n) is 2.94. The summed E-state index contributed by atoms with van der Waals surface area (Å²) in [6.45, 7) is 4.02. The van der Waals surface area contributed by atoms with E-state index in [0.717, 1.165) is 18.0 Å². The fraction of sp³-hybridized carbons (Fsp3) is 0.800. The van der Waals surface area contributed by atoms with E-state index in [-0.39, 0.29) is 0 Å². The van der Waals surface area contributed by atoms with Crippen molar-refractivity contribution in [1.29, 1.82) is 0 Å². The Hall–Kier alpha value is -0.250. The van der Waals surface area contributed by atoms with E-state index in [0.29, 0.717) is 0 Å². The van der Waals surface area contributed by atoms with Crippen LogP contribution in [0.4, 0.5) is 0 Å². The van der Waals surface area contributed by atoms with Gasteiger partial charge in [0.2, 0.25) is 0 Å². The van der Waals surface area contributed by atoms with E-state index in [1.807, 2.05) is 12.1 Å². The monoisotopic (exact) mass is 191 g/mol. The molecule has 0 spiro atoms. The van der Waals surface area contributed by atoms with Crippen LogP contribution in [0, 0.1) is 0 Å². The zero-order chi connectivity index (χ0) is 6.85. The van der Waals surface area contributed by atoms with Gasteiger partial charge in [0.15, 0.2) is 4.74 Å². The maximum absolute atomic E-state index is 4.13.